The summed E-state index contributed by atoms with van der Waals surface area (Å²) in [5.74, 6) is 0. The molecule has 0 unspecified atom stereocenters. The number of pyridine rings is 1. The van der Waals surface area contributed by atoms with Crippen LogP contribution in [0.25, 0.3) is 22.6 Å². The van der Waals surface area contributed by atoms with Crippen LogP contribution in [0.3, 0.4) is 0 Å². The Labute approximate surface area is 234 Å². The lowest BCUT2D eigenvalue weighted by Gasteiger charge is -2.15. The van der Waals surface area contributed by atoms with Crippen molar-refractivity contribution in [1.82, 2.24) is 30.2 Å². The number of hydrogen-bond donors (Lipinski definition) is 0. The van der Waals surface area contributed by atoms with E-state index in [1.807, 2.05) is 12.1 Å². The molecular formula is C28H19ClF6N6. The summed E-state index contributed by atoms with van der Waals surface area (Å²) in [6.45, 7) is 1.32. The molecule has 0 atom stereocenters. The minimum atomic E-state index is -4.99. The van der Waals surface area contributed by atoms with E-state index in [-0.39, 0.29) is 17.3 Å². The molecule has 5 aromatic rings. The van der Waals surface area contributed by atoms with Crippen LogP contribution in [-0.2, 0) is 25.3 Å². The third-order valence-electron chi connectivity index (χ3n) is 6.21. The Bertz CT molecular complexity index is 1670. The van der Waals surface area contributed by atoms with Crippen LogP contribution < -0.4 is 0 Å². The number of alkyl halides is 6. The molecule has 0 aliphatic carbocycles. The van der Waals surface area contributed by atoms with E-state index in [1.165, 1.54) is 17.1 Å². The third kappa shape index (κ3) is 6.22. The quantitative estimate of drug-likeness (QED) is 0.193. The SMILES string of the molecule is Cc1cc(Cc2ccccc2Cl)c(-c2nnn(Cc3cc(C(F)(F)F)cc(C(F)(F)F)c3)c2-c2cccnc2)nn1. The second-order valence-electron chi connectivity index (χ2n) is 9.23. The average molecular weight is 589 g/mol. The molecule has 2 aromatic carbocycles. The van der Waals surface area contributed by atoms with E-state index in [0.29, 0.717) is 51.8 Å². The minimum Gasteiger partial charge on any atom is -0.264 e. The molecule has 3 heterocycles. The molecule has 41 heavy (non-hydrogen) atoms. The second kappa shape index (κ2) is 10.9. The first-order valence-corrected chi connectivity index (χ1v) is 12.5. The summed E-state index contributed by atoms with van der Waals surface area (Å²) < 4.78 is 82.2. The molecule has 13 heteroatoms. The van der Waals surface area contributed by atoms with Gasteiger partial charge >= 0.3 is 12.4 Å². The van der Waals surface area contributed by atoms with Gasteiger partial charge in [-0.1, -0.05) is 35.0 Å². The highest BCUT2D eigenvalue weighted by atomic mass is 35.5. The Balaban J connectivity index is 1.66. The maximum atomic E-state index is 13.5. The van der Waals surface area contributed by atoms with Crippen molar-refractivity contribution in [2.45, 2.75) is 32.2 Å². The molecule has 0 aliphatic heterocycles. The Hall–Kier alpha value is -4.32. The zero-order chi connectivity index (χ0) is 29.4. The van der Waals surface area contributed by atoms with Crippen LogP contribution in [0.4, 0.5) is 26.3 Å². The Morgan fingerprint density at radius 2 is 1.49 bits per heavy atom. The number of aryl methyl sites for hydroxylation is 1. The maximum Gasteiger partial charge on any atom is 0.416 e. The topological polar surface area (TPSA) is 69.4 Å². The fourth-order valence-corrected chi connectivity index (χ4v) is 4.58. The maximum absolute atomic E-state index is 13.5. The lowest BCUT2D eigenvalue weighted by atomic mass is 9.99. The molecule has 3 aromatic heterocycles. The molecule has 0 N–H and O–H groups in total. The molecule has 0 radical (unpaired) electrons. The van der Waals surface area contributed by atoms with E-state index in [0.717, 1.165) is 5.56 Å². The number of aromatic nitrogens is 6. The summed E-state index contributed by atoms with van der Waals surface area (Å²) in [5, 5.41) is 17.4. The van der Waals surface area contributed by atoms with Gasteiger partial charge in [0.1, 0.15) is 17.1 Å². The predicted octanol–water partition coefficient (Wildman–Crippen LogP) is 7.44. The molecule has 0 bridgehead atoms. The van der Waals surface area contributed by atoms with Crippen molar-refractivity contribution >= 4 is 11.6 Å². The van der Waals surface area contributed by atoms with Crippen LogP contribution in [0, 0.1) is 6.92 Å². The van der Waals surface area contributed by atoms with Crippen molar-refractivity contribution in [3.63, 3.8) is 0 Å². The second-order valence-corrected chi connectivity index (χ2v) is 9.64. The minimum absolute atomic E-state index is 0.0845. The van der Waals surface area contributed by atoms with Crippen LogP contribution in [0.15, 0.2) is 73.1 Å². The largest absolute Gasteiger partial charge is 0.416 e. The molecule has 5 rings (SSSR count). The van der Waals surface area contributed by atoms with Gasteiger partial charge in [0, 0.05) is 29.4 Å². The molecule has 6 nitrogen and oxygen atoms in total. The fourth-order valence-electron chi connectivity index (χ4n) is 4.38. The van der Waals surface area contributed by atoms with Gasteiger partial charge in [-0.05, 0) is 66.1 Å². The zero-order valence-electron chi connectivity index (χ0n) is 21.2. The van der Waals surface area contributed by atoms with E-state index >= 15 is 0 Å². The number of nitrogens with zero attached hydrogens (tertiary/aromatic N) is 6. The lowest BCUT2D eigenvalue weighted by Crippen LogP contribution is -2.13. The average Bonchev–Trinajstić information content (AvgIpc) is 3.32. The summed E-state index contributed by atoms with van der Waals surface area (Å²) in [6.07, 6.45) is -6.61. The van der Waals surface area contributed by atoms with Gasteiger partial charge in [0.25, 0.3) is 0 Å². The summed E-state index contributed by atoms with van der Waals surface area (Å²) in [4.78, 5) is 4.11. The van der Waals surface area contributed by atoms with Crippen molar-refractivity contribution in [3.8, 4) is 22.6 Å². The fraction of sp³-hybridized carbons (Fsp3) is 0.179. The first-order valence-electron chi connectivity index (χ1n) is 12.1. The lowest BCUT2D eigenvalue weighted by molar-refractivity contribution is -0.143. The standard InChI is InChI=1S/C28H19ClF6N6/c1-16-9-20(12-18-5-2-3-7-23(18)29)24(38-37-16)25-26(19-6-4-8-36-14-19)41(40-39-25)15-17-10-21(27(30,31)32)13-22(11-17)28(33,34)35/h2-11,13-14H,12,15H2,1H3. The Kier molecular flexibility index (Phi) is 7.52. The van der Waals surface area contributed by atoms with E-state index in [4.69, 9.17) is 11.6 Å². The number of hydrogen-bond acceptors (Lipinski definition) is 5. The third-order valence-corrected chi connectivity index (χ3v) is 6.58. The highest BCUT2D eigenvalue weighted by Crippen LogP contribution is 2.37. The molecule has 0 saturated heterocycles. The van der Waals surface area contributed by atoms with Crippen LogP contribution >= 0.6 is 11.6 Å². The van der Waals surface area contributed by atoms with Crippen LogP contribution in [0.2, 0.25) is 5.02 Å². The van der Waals surface area contributed by atoms with Crippen molar-refractivity contribution in [1.29, 1.82) is 0 Å². The monoisotopic (exact) mass is 588 g/mol. The van der Waals surface area contributed by atoms with Crippen molar-refractivity contribution in [2.24, 2.45) is 0 Å². The van der Waals surface area contributed by atoms with E-state index < -0.39 is 30.0 Å². The van der Waals surface area contributed by atoms with Crippen molar-refractivity contribution in [2.75, 3.05) is 0 Å². The molecule has 0 amide bonds. The highest BCUT2D eigenvalue weighted by Gasteiger charge is 2.37. The van der Waals surface area contributed by atoms with Gasteiger partial charge in [-0.3, -0.25) is 4.98 Å². The van der Waals surface area contributed by atoms with E-state index in [1.54, 1.807) is 37.3 Å². The smallest absolute Gasteiger partial charge is 0.264 e. The normalized spacial score (nSPS) is 12.1. The van der Waals surface area contributed by atoms with Crippen LogP contribution in [-0.4, -0.2) is 30.2 Å². The summed E-state index contributed by atoms with van der Waals surface area (Å²) >= 11 is 6.39. The zero-order valence-corrected chi connectivity index (χ0v) is 21.9. The number of rotatable bonds is 6. The molecule has 0 saturated carbocycles. The predicted molar refractivity (Wildman–Crippen MR) is 139 cm³/mol. The van der Waals surface area contributed by atoms with Gasteiger partial charge in [-0.15, -0.1) is 10.2 Å². The van der Waals surface area contributed by atoms with Gasteiger partial charge < -0.3 is 0 Å². The number of benzene rings is 2. The van der Waals surface area contributed by atoms with Crippen LogP contribution in [0.1, 0.15) is 33.5 Å². The van der Waals surface area contributed by atoms with Crippen LogP contribution in [0.5, 0.6) is 0 Å². The van der Waals surface area contributed by atoms with Gasteiger partial charge in [-0.2, -0.15) is 31.4 Å². The first kappa shape index (κ1) is 28.2. The first-order chi connectivity index (χ1) is 19.4. The molecule has 0 aliphatic rings. The Morgan fingerprint density at radius 1 is 0.780 bits per heavy atom. The van der Waals surface area contributed by atoms with Gasteiger partial charge in [0.05, 0.1) is 23.4 Å². The molecule has 210 valence electrons. The molecular weight excluding hydrogens is 570 g/mol. The van der Waals surface area contributed by atoms with Gasteiger partial charge in [0.15, 0.2) is 0 Å². The van der Waals surface area contributed by atoms with Gasteiger partial charge in [-0.25, -0.2) is 4.68 Å². The summed E-state index contributed by atoms with van der Waals surface area (Å²) in [7, 11) is 0. The van der Waals surface area contributed by atoms with E-state index in [2.05, 4.69) is 25.5 Å². The summed E-state index contributed by atoms with van der Waals surface area (Å²) in [5.41, 5.74) is 0.354. The Morgan fingerprint density at radius 3 is 2.12 bits per heavy atom. The molecule has 0 spiro atoms. The number of halogens is 7. The van der Waals surface area contributed by atoms with Gasteiger partial charge in [0.2, 0.25) is 0 Å². The van der Waals surface area contributed by atoms with Crippen molar-refractivity contribution < 1.29 is 26.3 Å². The molecule has 0 fully saturated rings. The highest BCUT2D eigenvalue weighted by molar-refractivity contribution is 6.31. The summed E-state index contributed by atoms with van der Waals surface area (Å²) in [6, 6.07) is 13.8. The van der Waals surface area contributed by atoms with Crippen molar-refractivity contribution in [3.05, 3.63) is 112 Å². The van der Waals surface area contributed by atoms with E-state index in [9.17, 15) is 26.3 Å².